The van der Waals surface area contributed by atoms with E-state index < -0.39 is 0 Å². The topological polar surface area (TPSA) is 70.9 Å². The molecule has 0 aliphatic rings. The van der Waals surface area contributed by atoms with Crippen LogP contribution in [0, 0.1) is 20.8 Å². The second kappa shape index (κ2) is 21.4. The molecule has 13 aromatic rings. The lowest BCUT2D eigenvalue weighted by atomic mass is 10.1. The van der Waals surface area contributed by atoms with Crippen molar-refractivity contribution in [3.05, 3.63) is 207 Å². The van der Waals surface area contributed by atoms with Crippen LogP contribution >= 0.6 is 73.1 Å². The fourth-order valence-electron chi connectivity index (χ4n) is 8.32. The second-order valence-electron chi connectivity index (χ2n) is 17.0. The number of thiophene rings is 3. The zero-order valence-corrected chi connectivity index (χ0v) is 44.3. The third kappa shape index (κ3) is 10.6. The summed E-state index contributed by atoms with van der Waals surface area (Å²) in [5.41, 5.74) is 14.2. The number of nitrogens with one attached hydrogen (secondary N) is 2. The number of anilines is 3. The number of carbonyl (C=O) groups excluding carboxylic acids is 1. The Labute approximate surface area is 438 Å². The van der Waals surface area contributed by atoms with Crippen molar-refractivity contribution < 1.29 is 6.17 Å². The van der Waals surface area contributed by atoms with Gasteiger partial charge in [0.25, 0.3) is 0 Å². The molecule has 4 heterocycles. The number of fused-ring (bicyclic) bond motifs is 13. The van der Waals surface area contributed by atoms with Gasteiger partial charge in [-0.15, -0.1) is 34.0 Å². The van der Waals surface area contributed by atoms with Crippen molar-refractivity contribution >= 4 is 178 Å². The second-order valence-corrected chi connectivity index (χ2v) is 21.8. The van der Waals surface area contributed by atoms with Gasteiger partial charge in [-0.3, -0.25) is 0 Å². The molecule has 0 saturated heterocycles. The van der Waals surface area contributed by atoms with Crippen LogP contribution in [0.3, 0.4) is 0 Å². The summed E-state index contributed by atoms with van der Waals surface area (Å²) in [7, 11) is 0. The summed E-state index contributed by atoms with van der Waals surface area (Å²) in [5, 5.41) is 15.5. The maximum Gasteiger partial charge on any atom is 0.126 e. The number of aromatic amines is 1. The van der Waals surface area contributed by atoms with Crippen LogP contribution in [0.1, 0.15) is 31.9 Å². The SMILES string of the molecule is Brc1cccc2c1sc1ccccc12.Cc1ccc(N)c(Cl)c1.Cc1ccc(Nc2cccc3c2sc2ccccc23)c(Cl)c1.Cc1ccc2[nH]c3c(ccc4c5ccccc5sc43)c2c1.[2H]CC(C)=O. The highest BCUT2D eigenvalue weighted by atomic mass is 79.9. The standard InChI is InChI=1S/C19H14ClNS.C19H13NS.C12H7BrS.C7H8ClN.C3H6O/c1-12-9-10-16(15(20)11-12)21-17-7-4-6-14-13-5-2-3-8-18(13)22-19(14)17;1-11-6-9-16-15(10-11)13-7-8-14-12-4-2-3-5-17(12)21-19(14)18(13)20-16;13-10-6-3-5-9-8-4-1-2-7-11(8)14-12(9)10;1-5-2-3-7(9)6(8)4-5;1-3(2)4/h2-11,21H,1H3;2-10,20H,1H3;1-7H;2-4H,9H2,1H3;1-2H3/i;;;;1D. The third-order valence-electron chi connectivity index (χ3n) is 11.6. The number of H-pyrrole nitrogens is 1. The van der Waals surface area contributed by atoms with E-state index >= 15 is 0 Å². The van der Waals surface area contributed by atoms with Gasteiger partial charge in [-0.25, -0.2) is 0 Å². The van der Waals surface area contributed by atoms with E-state index in [2.05, 4.69) is 179 Å². The van der Waals surface area contributed by atoms with Gasteiger partial charge in [0.05, 0.1) is 42.0 Å². The molecule has 0 spiro atoms. The normalized spacial score (nSPS) is 11.2. The number of halogens is 3. The summed E-state index contributed by atoms with van der Waals surface area (Å²) in [6.07, 6.45) is 0. The quantitative estimate of drug-likeness (QED) is 0.151. The van der Waals surface area contributed by atoms with E-state index in [0.29, 0.717) is 10.7 Å². The van der Waals surface area contributed by atoms with Gasteiger partial charge in [0.15, 0.2) is 0 Å². The summed E-state index contributed by atoms with van der Waals surface area (Å²) in [6, 6.07) is 61.3. The first-order chi connectivity index (χ1) is 34.4. The van der Waals surface area contributed by atoms with Gasteiger partial charge in [0, 0.05) is 73.2 Å². The van der Waals surface area contributed by atoms with E-state index in [9.17, 15) is 4.79 Å². The number of nitrogens with two attached hydrogens (primary N) is 1. The average molecular weight is 1080 g/mol. The van der Waals surface area contributed by atoms with Gasteiger partial charge in [0.2, 0.25) is 0 Å². The summed E-state index contributed by atoms with van der Waals surface area (Å²) in [4.78, 5) is 13.2. The molecule has 0 aliphatic heterocycles. The number of carbonyl (C=O) groups is 1. The fourth-order valence-corrected chi connectivity index (χ4v) is 12.9. The Balaban J connectivity index is 0.000000118. The maximum absolute atomic E-state index is 9.62. The molecule has 0 unspecified atom stereocenters. The molecule has 10 heteroatoms. The van der Waals surface area contributed by atoms with E-state index in [1.165, 1.54) is 99.3 Å². The Hall–Kier alpha value is -6.23. The van der Waals surface area contributed by atoms with Crippen LogP contribution in [-0.4, -0.2) is 10.8 Å². The zero-order chi connectivity index (χ0) is 49.8. The molecule has 0 radical (unpaired) electrons. The molecule has 4 nitrogen and oxygen atoms in total. The van der Waals surface area contributed by atoms with Gasteiger partial charge in [-0.1, -0.05) is 138 Å². The van der Waals surface area contributed by atoms with Crippen LogP contribution in [0.15, 0.2) is 180 Å². The molecule has 4 aromatic heterocycles. The Bertz CT molecular complexity index is 4060. The lowest BCUT2D eigenvalue weighted by Crippen LogP contribution is -1.91. The Morgan fingerprint density at radius 1 is 0.529 bits per heavy atom. The molecule has 0 amide bonds. The molecule has 0 saturated carbocycles. The van der Waals surface area contributed by atoms with Crippen LogP contribution in [0.4, 0.5) is 17.1 Å². The Morgan fingerprint density at radius 2 is 1.01 bits per heavy atom. The van der Waals surface area contributed by atoms with Crippen molar-refractivity contribution in [1.29, 1.82) is 0 Å². The van der Waals surface area contributed by atoms with Gasteiger partial charge in [-0.2, -0.15) is 0 Å². The highest BCUT2D eigenvalue weighted by Crippen LogP contribution is 2.42. The van der Waals surface area contributed by atoms with Crippen molar-refractivity contribution in [2.24, 2.45) is 0 Å². The smallest absolute Gasteiger partial charge is 0.126 e. The minimum Gasteiger partial charge on any atom is -0.398 e. The lowest BCUT2D eigenvalue weighted by molar-refractivity contribution is -0.115. The molecule has 13 rings (SSSR count). The van der Waals surface area contributed by atoms with Gasteiger partial charge < -0.3 is 20.8 Å². The summed E-state index contributed by atoms with van der Waals surface area (Å²) in [5.74, 6) is -0.0787. The number of hydrogen-bond donors (Lipinski definition) is 3. The van der Waals surface area contributed by atoms with Crippen LogP contribution in [0.25, 0.3) is 82.3 Å². The number of benzene rings is 9. The minimum absolute atomic E-state index is 0.0787. The van der Waals surface area contributed by atoms with Gasteiger partial charge in [0.1, 0.15) is 5.78 Å². The Morgan fingerprint density at radius 3 is 1.61 bits per heavy atom. The molecule has 348 valence electrons. The summed E-state index contributed by atoms with van der Waals surface area (Å²) in [6.45, 7) is 7.48. The van der Waals surface area contributed by atoms with Gasteiger partial charge >= 0.3 is 0 Å². The Kier molecular flexibility index (Phi) is 14.5. The highest BCUT2D eigenvalue weighted by Gasteiger charge is 2.13. The molecule has 0 atom stereocenters. The van der Waals surface area contributed by atoms with Crippen LogP contribution in [0.5, 0.6) is 0 Å². The summed E-state index contributed by atoms with van der Waals surface area (Å²) < 4.78 is 15.5. The summed E-state index contributed by atoms with van der Waals surface area (Å²) >= 11 is 21.2. The first-order valence-corrected chi connectivity index (χ1v) is 26.5. The first-order valence-electron chi connectivity index (χ1n) is 23.2. The lowest BCUT2D eigenvalue weighted by Gasteiger charge is -2.10. The molecule has 70 heavy (non-hydrogen) atoms. The largest absolute Gasteiger partial charge is 0.398 e. The van der Waals surface area contributed by atoms with E-state index in [1.54, 1.807) is 6.07 Å². The number of aryl methyl sites for hydroxylation is 3. The first kappa shape index (κ1) is 47.4. The molecule has 9 aromatic carbocycles. The monoisotopic (exact) mass is 1070 g/mol. The van der Waals surface area contributed by atoms with Crippen LogP contribution in [0.2, 0.25) is 10.0 Å². The van der Waals surface area contributed by atoms with E-state index in [-0.39, 0.29) is 12.7 Å². The van der Waals surface area contributed by atoms with Crippen molar-refractivity contribution in [1.82, 2.24) is 4.98 Å². The van der Waals surface area contributed by atoms with E-state index in [1.807, 2.05) is 72.1 Å². The van der Waals surface area contributed by atoms with Crippen molar-refractivity contribution in [2.45, 2.75) is 34.6 Å². The molecular weight excluding hydrogens is 1030 g/mol. The third-order valence-corrected chi connectivity index (χ3v) is 16.8. The minimum atomic E-state index is -0.0833. The van der Waals surface area contributed by atoms with Crippen LogP contribution in [-0.2, 0) is 4.79 Å². The van der Waals surface area contributed by atoms with Crippen molar-refractivity contribution in [3.8, 4) is 0 Å². The number of ketones is 1. The maximum atomic E-state index is 9.62. The number of nitrogen functional groups attached to an aromatic ring is 1. The fraction of sp³-hybridized carbons (Fsp3) is 0.0833. The molecule has 0 fully saturated rings. The number of aromatic nitrogens is 1. The molecule has 0 aliphatic carbocycles. The van der Waals surface area contributed by atoms with Crippen LogP contribution < -0.4 is 11.1 Å². The van der Waals surface area contributed by atoms with Crippen molar-refractivity contribution in [2.75, 3.05) is 11.1 Å². The predicted octanol–water partition coefficient (Wildman–Crippen LogP) is 20.4. The van der Waals surface area contributed by atoms with Gasteiger partial charge in [-0.05, 0) is 128 Å². The highest BCUT2D eigenvalue weighted by molar-refractivity contribution is 9.10. The van der Waals surface area contributed by atoms with Crippen molar-refractivity contribution in [3.63, 3.8) is 0 Å². The van der Waals surface area contributed by atoms with E-state index in [0.717, 1.165) is 27.5 Å². The molecule has 0 bridgehead atoms. The van der Waals surface area contributed by atoms with E-state index in [4.69, 9.17) is 30.3 Å². The zero-order valence-electron chi connectivity index (χ0n) is 39.8. The number of hydrogen-bond acceptors (Lipinski definition) is 6. The average Bonchev–Trinajstić information content (AvgIpc) is 4.16. The molecule has 4 N–H and O–H groups in total. The number of Topliss-reactive ketones (excluding diaryl/α,β-unsaturated/α-hetero) is 1. The predicted molar refractivity (Wildman–Crippen MR) is 316 cm³/mol. The molecular formula is C60H48BrCl2N3OS3. The number of rotatable bonds is 2.